The second-order valence-electron chi connectivity index (χ2n) is 7.85. The lowest BCUT2D eigenvalue weighted by atomic mass is 9.97. The zero-order valence-electron chi connectivity index (χ0n) is 18.2. The third-order valence-corrected chi connectivity index (χ3v) is 5.54. The predicted octanol–water partition coefficient (Wildman–Crippen LogP) is 6.02. The van der Waals surface area contributed by atoms with Crippen LogP contribution in [0.15, 0.2) is 65.3 Å². The Balaban J connectivity index is 1.66. The first-order valence-electron chi connectivity index (χ1n) is 10.4. The van der Waals surface area contributed by atoms with Crippen molar-refractivity contribution in [3.63, 3.8) is 0 Å². The van der Waals surface area contributed by atoms with Gasteiger partial charge in [-0.3, -0.25) is 0 Å². The van der Waals surface area contributed by atoms with Crippen LogP contribution in [0, 0.1) is 6.57 Å². The summed E-state index contributed by atoms with van der Waals surface area (Å²) in [5.74, 6) is 0.574. The minimum atomic E-state index is -4.67. The Morgan fingerprint density at radius 2 is 1.86 bits per heavy atom. The number of benzene rings is 3. The van der Waals surface area contributed by atoms with Gasteiger partial charge in [-0.1, -0.05) is 24.3 Å². The molecule has 0 unspecified atom stereocenters. The Morgan fingerprint density at radius 1 is 1.06 bits per heavy atom. The summed E-state index contributed by atoms with van der Waals surface area (Å²) in [5, 5.41) is 17.5. The number of halogens is 3. The van der Waals surface area contributed by atoms with Crippen LogP contribution in [0.2, 0.25) is 0 Å². The lowest BCUT2D eigenvalue weighted by molar-refractivity contribution is -0.136. The van der Waals surface area contributed by atoms with Gasteiger partial charge in [-0.2, -0.15) is 13.2 Å². The molecule has 0 aliphatic carbocycles. The topological polar surface area (TPSA) is 81.3 Å². The highest BCUT2D eigenvalue weighted by Gasteiger charge is 2.35. The summed E-state index contributed by atoms with van der Waals surface area (Å²) in [4.78, 5) is 7.77. The van der Waals surface area contributed by atoms with Crippen molar-refractivity contribution in [3.05, 3.63) is 83.5 Å². The van der Waals surface area contributed by atoms with Crippen molar-refractivity contribution in [1.82, 2.24) is 19.7 Å². The molecule has 1 N–H and O–H groups in total. The fourth-order valence-electron chi connectivity index (χ4n) is 3.90. The second-order valence-corrected chi connectivity index (χ2v) is 7.85. The fourth-order valence-corrected chi connectivity index (χ4v) is 3.90. The number of fused-ring (bicyclic) bond motifs is 1. The van der Waals surface area contributed by atoms with Gasteiger partial charge in [0.15, 0.2) is 17.1 Å². The van der Waals surface area contributed by atoms with Crippen LogP contribution in [0.3, 0.4) is 0 Å². The summed E-state index contributed by atoms with van der Waals surface area (Å²) in [7, 11) is 1.79. The zero-order valence-corrected chi connectivity index (χ0v) is 18.2. The van der Waals surface area contributed by atoms with E-state index in [1.54, 1.807) is 54.3 Å². The van der Waals surface area contributed by atoms with Crippen molar-refractivity contribution < 1.29 is 22.7 Å². The molecule has 174 valence electrons. The molecule has 2 aromatic heterocycles. The Labute approximate surface area is 196 Å². The molecule has 5 rings (SSSR count). The molecule has 3 aromatic carbocycles. The molecule has 0 spiro atoms. The Kier molecular flexibility index (Phi) is 5.34. The average Bonchev–Trinajstić information content (AvgIpc) is 3.48. The molecule has 5 aromatic rings. The summed E-state index contributed by atoms with van der Waals surface area (Å²) < 4.78 is 48.1. The molecule has 0 fully saturated rings. The predicted molar refractivity (Wildman–Crippen MR) is 122 cm³/mol. The molecule has 0 bridgehead atoms. The first kappa shape index (κ1) is 22.3. The third kappa shape index (κ3) is 4.02. The minimum absolute atomic E-state index is 0.00506. The van der Waals surface area contributed by atoms with Crippen LogP contribution < -0.4 is 0 Å². The smallest absolute Gasteiger partial charge is 0.420 e. The summed E-state index contributed by atoms with van der Waals surface area (Å²) in [6, 6.07) is 14.4. The molecule has 0 radical (unpaired) electrons. The second kappa shape index (κ2) is 8.38. The van der Waals surface area contributed by atoms with Crippen molar-refractivity contribution in [1.29, 1.82) is 0 Å². The summed E-state index contributed by atoms with van der Waals surface area (Å²) >= 11 is 0. The summed E-state index contributed by atoms with van der Waals surface area (Å²) in [5.41, 5.74) is 1.77. The number of alkyl halides is 3. The number of oxazole rings is 1. The van der Waals surface area contributed by atoms with Gasteiger partial charge in [0.25, 0.3) is 0 Å². The standard InChI is InChI=1S/C25H16F3N5O2/c1-29-17-6-7-18(19(11-17)23-32-30-13-33(23)2)15-4-3-5-16(10-15)24-31-21-9-14(12-34)8-20(22(21)35-24)25(26,27)28/h3-11,13,34H,12H2,2H3. The molecule has 0 aliphatic rings. The van der Waals surface area contributed by atoms with Gasteiger partial charge in [-0.15, -0.1) is 10.2 Å². The molecule has 7 nitrogen and oxygen atoms in total. The Morgan fingerprint density at radius 3 is 2.54 bits per heavy atom. The summed E-state index contributed by atoms with van der Waals surface area (Å²) in [6.07, 6.45) is -3.12. The Bertz CT molecular complexity index is 1610. The molecule has 0 atom stereocenters. The zero-order chi connectivity index (χ0) is 24.7. The number of rotatable bonds is 4. The van der Waals surface area contributed by atoms with E-state index in [1.165, 1.54) is 6.07 Å². The quantitative estimate of drug-likeness (QED) is 0.322. The van der Waals surface area contributed by atoms with Gasteiger partial charge in [0, 0.05) is 18.2 Å². The number of hydrogen-bond acceptors (Lipinski definition) is 5. The molecular weight excluding hydrogens is 459 g/mol. The van der Waals surface area contributed by atoms with Crippen LogP contribution in [-0.2, 0) is 19.8 Å². The monoisotopic (exact) mass is 475 g/mol. The van der Waals surface area contributed by atoms with Crippen molar-refractivity contribution in [2.24, 2.45) is 7.05 Å². The number of aliphatic hydroxyl groups is 1. The van der Waals surface area contributed by atoms with E-state index in [1.807, 2.05) is 6.07 Å². The summed E-state index contributed by atoms with van der Waals surface area (Å²) in [6.45, 7) is 6.80. The minimum Gasteiger partial charge on any atom is -0.435 e. The first-order valence-corrected chi connectivity index (χ1v) is 10.4. The van der Waals surface area contributed by atoms with Crippen LogP contribution >= 0.6 is 0 Å². The van der Waals surface area contributed by atoms with Crippen LogP contribution in [-0.4, -0.2) is 24.9 Å². The maximum absolute atomic E-state index is 13.6. The number of aliphatic hydroxyl groups excluding tert-OH is 1. The van der Waals surface area contributed by atoms with E-state index in [0.29, 0.717) is 22.6 Å². The van der Waals surface area contributed by atoms with Crippen molar-refractivity contribution in [2.45, 2.75) is 12.8 Å². The van der Waals surface area contributed by atoms with E-state index >= 15 is 0 Å². The van der Waals surface area contributed by atoms with Gasteiger partial charge in [0.2, 0.25) is 5.89 Å². The first-order chi connectivity index (χ1) is 16.8. The van der Waals surface area contributed by atoms with Gasteiger partial charge in [-0.25, -0.2) is 9.83 Å². The molecular formula is C25H16F3N5O2. The van der Waals surface area contributed by atoms with Crippen LogP contribution in [0.1, 0.15) is 11.1 Å². The van der Waals surface area contributed by atoms with Crippen molar-refractivity contribution in [2.75, 3.05) is 0 Å². The molecule has 2 heterocycles. The van der Waals surface area contributed by atoms with E-state index in [4.69, 9.17) is 11.0 Å². The largest absolute Gasteiger partial charge is 0.435 e. The van der Waals surface area contributed by atoms with Crippen LogP contribution in [0.4, 0.5) is 18.9 Å². The van der Waals surface area contributed by atoms with E-state index < -0.39 is 23.9 Å². The fraction of sp³-hybridized carbons (Fsp3) is 0.120. The van der Waals surface area contributed by atoms with Crippen LogP contribution in [0.25, 0.3) is 49.9 Å². The van der Waals surface area contributed by atoms with Crippen molar-refractivity contribution in [3.8, 4) is 34.0 Å². The molecule has 35 heavy (non-hydrogen) atoms. The van der Waals surface area contributed by atoms with E-state index in [2.05, 4.69) is 20.0 Å². The number of hydrogen-bond donors (Lipinski definition) is 1. The van der Waals surface area contributed by atoms with Gasteiger partial charge in [0.1, 0.15) is 17.4 Å². The maximum Gasteiger partial charge on any atom is 0.420 e. The van der Waals surface area contributed by atoms with Gasteiger partial charge in [-0.05, 0) is 47.0 Å². The Hall–Kier alpha value is -4.49. The van der Waals surface area contributed by atoms with Gasteiger partial charge >= 0.3 is 6.18 Å². The van der Waals surface area contributed by atoms with Gasteiger partial charge in [0.05, 0.1) is 13.2 Å². The highest BCUT2D eigenvalue weighted by Crippen LogP contribution is 2.39. The van der Waals surface area contributed by atoms with Crippen LogP contribution in [0.5, 0.6) is 0 Å². The lowest BCUT2D eigenvalue weighted by Crippen LogP contribution is -2.06. The highest BCUT2D eigenvalue weighted by atomic mass is 19.4. The molecule has 0 amide bonds. The average molecular weight is 475 g/mol. The SMILES string of the molecule is [C-]#[N+]c1ccc(-c2cccc(-c3nc4cc(CO)cc(C(F)(F)F)c4o3)c2)c(-c2nncn2C)c1. The molecule has 0 aliphatic heterocycles. The highest BCUT2D eigenvalue weighted by molar-refractivity contribution is 5.86. The van der Waals surface area contributed by atoms with E-state index in [-0.39, 0.29) is 17.0 Å². The third-order valence-electron chi connectivity index (χ3n) is 5.54. The lowest BCUT2D eigenvalue weighted by Gasteiger charge is -2.11. The van der Waals surface area contributed by atoms with Crippen molar-refractivity contribution >= 4 is 16.8 Å². The van der Waals surface area contributed by atoms with Gasteiger partial charge < -0.3 is 14.1 Å². The van der Waals surface area contributed by atoms with E-state index in [0.717, 1.165) is 17.2 Å². The number of aromatic nitrogens is 4. The number of aryl methyl sites for hydroxylation is 1. The normalized spacial score (nSPS) is 11.7. The van der Waals surface area contributed by atoms with E-state index in [9.17, 15) is 18.3 Å². The number of nitrogens with zero attached hydrogens (tertiary/aromatic N) is 5. The molecule has 0 saturated heterocycles. The maximum atomic E-state index is 13.6. The molecule has 10 heteroatoms. The molecule has 0 saturated carbocycles.